The van der Waals surface area contributed by atoms with E-state index in [-0.39, 0.29) is 10.2 Å². The second kappa shape index (κ2) is 9.29. The zero-order valence-corrected chi connectivity index (χ0v) is 19.0. The van der Waals surface area contributed by atoms with E-state index in [4.69, 9.17) is 23.2 Å². The Bertz CT molecular complexity index is 1420. The third-order valence-electron chi connectivity index (χ3n) is 5.08. The Labute approximate surface area is 196 Å². The maximum absolute atomic E-state index is 13.5. The molecule has 1 saturated heterocycles. The molecule has 1 amide bonds. The van der Waals surface area contributed by atoms with Gasteiger partial charge in [-0.25, -0.2) is 4.39 Å². The van der Waals surface area contributed by atoms with Gasteiger partial charge in [0.1, 0.15) is 16.5 Å². The van der Waals surface area contributed by atoms with E-state index in [1.54, 1.807) is 29.2 Å². The lowest BCUT2D eigenvalue weighted by Gasteiger charge is -2.14. The Balaban J connectivity index is 2.01. The van der Waals surface area contributed by atoms with Gasteiger partial charge in [-0.05, 0) is 60.9 Å². The molecule has 32 heavy (non-hydrogen) atoms. The molecule has 2 aromatic carbocycles. The molecule has 0 atom stereocenters. The van der Waals surface area contributed by atoms with E-state index in [2.05, 4.69) is 0 Å². The molecule has 3 aromatic rings. The number of aromatic nitrogens is 1. The number of hydrogen-bond donors (Lipinski definition) is 0. The van der Waals surface area contributed by atoms with Crippen molar-refractivity contribution in [2.45, 2.75) is 12.8 Å². The number of nitrogens with zero attached hydrogens (tertiary/aromatic N) is 3. The number of carbonyl (C=O) groups excluding carboxylic acids is 1. The molecule has 2 heterocycles. The van der Waals surface area contributed by atoms with Gasteiger partial charge < -0.3 is 4.90 Å². The number of amides is 1. The summed E-state index contributed by atoms with van der Waals surface area (Å²) in [6, 6.07) is 12.2. The zero-order valence-electron chi connectivity index (χ0n) is 16.6. The van der Waals surface area contributed by atoms with Crippen LogP contribution >= 0.6 is 34.5 Å². The standard InChI is InChI=1S/C23H16Cl2FN3O2S/c24-18-8-3-14(11-19(18)25)12-20-22(31)29(16-6-4-15(26)5-7-16)23(32-20)17(13-27)21(30)28-9-1-2-10-28/h3-8,11-12H,1-2,9-10H2/b20-12+,23-17-. The van der Waals surface area contributed by atoms with Crippen molar-refractivity contribution in [3.63, 3.8) is 0 Å². The first kappa shape index (κ1) is 22.3. The van der Waals surface area contributed by atoms with Crippen LogP contribution in [0.15, 0.2) is 47.3 Å². The van der Waals surface area contributed by atoms with Gasteiger partial charge >= 0.3 is 0 Å². The minimum absolute atomic E-state index is 0.118. The molecule has 9 heteroatoms. The van der Waals surface area contributed by atoms with Crippen molar-refractivity contribution in [2.75, 3.05) is 13.1 Å². The van der Waals surface area contributed by atoms with Crippen molar-refractivity contribution in [3.8, 4) is 11.8 Å². The van der Waals surface area contributed by atoms with Crippen LogP contribution in [0.25, 0.3) is 17.3 Å². The number of carbonyl (C=O) groups is 1. The number of rotatable bonds is 3. The first-order valence-electron chi connectivity index (χ1n) is 9.77. The number of nitriles is 1. The van der Waals surface area contributed by atoms with Crippen LogP contribution in [0.3, 0.4) is 0 Å². The molecule has 5 nitrogen and oxygen atoms in total. The van der Waals surface area contributed by atoms with E-state index in [1.807, 2.05) is 6.07 Å². The van der Waals surface area contributed by atoms with Crippen LogP contribution in [0.4, 0.5) is 4.39 Å². The molecule has 0 saturated carbocycles. The summed E-state index contributed by atoms with van der Waals surface area (Å²) in [5.74, 6) is -0.873. The van der Waals surface area contributed by atoms with Crippen molar-refractivity contribution in [3.05, 3.63) is 83.4 Å². The van der Waals surface area contributed by atoms with Gasteiger partial charge in [0, 0.05) is 13.1 Å². The number of halogens is 3. The summed E-state index contributed by atoms with van der Waals surface area (Å²) in [4.78, 5) is 28.0. The van der Waals surface area contributed by atoms with Crippen LogP contribution in [-0.2, 0) is 4.79 Å². The molecule has 0 aliphatic carbocycles. The SMILES string of the molecule is N#C/C(C(=O)N1CCCC1)=c1/s/c(=C/c2ccc(Cl)c(Cl)c2)c(=O)n1-c1ccc(F)cc1. The average Bonchev–Trinajstić information content (AvgIpc) is 3.41. The first-order valence-corrected chi connectivity index (χ1v) is 11.3. The highest BCUT2D eigenvalue weighted by Crippen LogP contribution is 2.22. The number of likely N-dealkylation sites (tertiary alicyclic amines) is 1. The third kappa shape index (κ3) is 4.35. The summed E-state index contributed by atoms with van der Waals surface area (Å²) in [7, 11) is 0. The third-order valence-corrected chi connectivity index (χ3v) is 6.91. The van der Waals surface area contributed by atoms with Crippen molar-refractivity contribution in [1.82, 2.24) is 9.47 Å². The highest BCUT2D eigenvalue weighted by Gasteiger charge is 2.24. The van der Waals surface area contributed by atoms with Crippen LogP contribution in [0.1, 0.15) is 18.4 Å². The van der Waals surface area contributed by atoms with Crippen LogP contribution < -0.4 is 14.8 Å². The largest absolute Gasteiger partial charge is 0.338 e. The van der Waals surface area contributed by atoms with E-state index >= 15 is 0 Å². The molecule has 0 unspecified atom stereocenters. The molecule has 1 aliphatic rings. The number of benzene rings is 2. The predicted octanol–water partition coefficient (Wildman–Crippen LogP) is 3.47. The van der Waals surface area contributed by atoms with Crippen molar-refractivity contribution >= 4 is 52.1 Å². The van der Waals surface area contributed by atoms with E-state index in [9.17, 15) is 19.2 Å². The second-order valence-electron chi connectivity index (χ2n) is 7.19. The topological polar surface area (TPSA) is 66.1 Å². The summed E-state index contributed by atoms with van der Waals surface area (Å²) in [6.07, 6.45) is 3.36. The van der Waals surface area contributed by atoms with Gasteiger partial charge in [0.05, 0.1) is 20.3 Å². The Morgan fingerprint density at radius 3 is 2.41 bits per heavy atom. The van der Waals surface area contributed by atoms with Crippen LogP contribution in [0, 0.1) is 17.1 Å². The lowest BCUT2D eigenvalue weighted by Crippen LogP contribution is -2.35. The first-order chi connectivity index (χ1) is 15.4. The van der Waals surface area contributed by atoms with Gasteiger partial charge in [-0.1, -0.05) is 29.3 Å². The lowest BCUT2D eigenvalue weighted by molar-refractivity contribution is -0.123. The average molecular weight is 488 g/mol. The fraction of sp³-hybridized carbons (Fsp3) is 0.174. The minimum atomic E-state index is -0.459. The summed E-state index contributed by atoms with van der Waals surface area (Å²) < 4.78 is 15.3. The summed E-state index contributed by atoms with van der Waals surface area (Å²) in [5, 5.41) is 10.6. The van der Waals surface area contributed by atoms with Crippen molar-refractivity contribution in [2.24, 2.45) is 0 Å². The molecule has 0 bridgehead atoms. The Morgan fingerprint density at radius 1 is 1.09 bits per heavy atom. The van der Waals surface area contributed by atoms with E-state index in [1.165, 1.54) is 28.8 Å². The fourth-order valence-electron chi connectivity index (χ4n) is 3.49. The Kier molecular flexibility index (Phi) is 6.47. The van der Waals surface area contributed by atoms with Gasteiger partial charge in [-0.3, -0.25) is 14.2 Å². The van der Waals surface area contributed by atoms with Crippen molar-refractivity contribution < 1.29 is 9.18 Å². The number of hydrogen-bond acceptors (Lipinski definition) is 4. The lowest BCUT2D eigenvalue weighted by atomic mass is 10.2. The summed E-state index contributed by atoms with van der Waals surface area (Å²) >= 11 is 13.1. The molecular weight excluding hydrogens is 472 g/mol. The van der Waals surface area contributed by atoms with E-state index in [0.717, 1.165) is 24.2 Å². The molecule has 1 aliphatic heterocycles. The molecule has 1 aromatic heterocycles. The minimum Gasteiger partial charge on any atom is -0.338 e. The quantitative estimate of drug-likeness (QED) is 0.567. The normalized spacial score (nSPS) is 15.1. The molecule has 0 spiro atoms. The van der Waals surface area contributed by atoms with E-state index in [0.29, 0.717) is 38.9 Å². The Hall–Kier alpha value is -2.92. The van der Waals surface area contributed by atoms with Gasteiger partial charge in [0.2, 0.25) is 0 Å². The van der Waals surface area contributed by atoms with Crippen LogP contribution in [-0.4, -0.2) is 28.5 Å². The second-order valence-corrected chi connectivity index (χ2v) is 9.04. The van der Waals surface area contributed by atoms with Crippen LogP contribution in [0.2, 0.25) is 10.0 Å². The van der Waals surface area contributed by atoms with Gasteiger partial charge in [0.15, 0.2) is 5.57 Å². The molecule has 0 radical (unpaired) electrons. The summed E-state index contributed by atoms with van der Waals surface area (Å²) in [5.41, 5.74) is 0.454. The highest BCUT2D eigenvalue weighted by atomic mass is 35.5. The fourth-order valence-corrected chi connectivity index (χ4v) is 4.90. The monoisotopic (exact) mass is 487 g/mol. The molecular formula is C23H16Cl2FN3O2S. The summed E-state index contributed by atoms with van der Waals surface area (Å²) in [6.45, 7) is 1.14. The maximum atomic E-state index is 13.5. The Morgan fingerprint density at radius 2 is 1.78 bits per heavy atom. The van der Waals surface area contributed by atoms with Gasteiger partial charge in [-0.2, -0.15) is 5.26 Å². The maximum Gasteiger partial charge on any atom is 0.273 e. The highest BCUT2D eigenvalue weighted by molar-refractivity contribution is 7.07. The van der Waals surface area contributed by atoms with E-state index < -0.39 is 17.3 Å². The van der Waals surface area contributed by atoms with Gasteiger partial charge in [-0.15, -0.1) is 11.3 Å². The molecule has 4 rings (SSSR count). The molecule has 162 valence electrons. The number of thiazole rings is 1. The smallest absolute Gasteiger partial charge is 0.273 e. The molecule has 0 N–H and O–H groups in total. The predicted molar refractivity (Wildman–Crippen MR) is 124 cm³/mol. The van der Waals surface area contributed by atoms with Gasteiger partial charge in [0.25, 0.3) is 11.5 Å². The molecule has 1 fully saturated rings. The van der Waals surface area contributed by atoms with Crippen molar-refractivity contribution in [1.29, 1.82) is 5.26 Å². The zero-order chi connectivity index (χ0) is 22.8. The van der Waals surface area contributed by atoms with Crippen LogP contribution in [0.5, 0.6) is 0 Å².